The second-order valence-corrected chi connectivity index (χ2v) is 2.77. The van der Waals surface area contributed by atoms with Gasteiger partial charge in [0.05, 0.1) is 6.07 Å². The largest absolute Gasteiger partial charge is 0.357 e. The van der Waals surface area contributed by atoms with Crippen LogP contribution in [0.5, 0.6) is 0 Å². The second-order valence-electron chi connectivity index (χ2n) is 2.77. The number of hydrogen-bond acceptors (Lipinski definition) is 2. The summed E-state index contributed by atoms with van der Waals surface area (Å²) < 4.78 is 2.02. The molecule has 1 aromatic heterocycles. The van der Waals surface area contributed by atoms with Gasteiger partial charge in [0.1, 0.15) is 0 Å². The highest BCUT2D eigenvalue weighted by atomic mass is 14.9. The second kappa shape index (κ2) is 4.58. The van der Waals surface area contributed by atoms with Crippen LogP contribution in [0.25, 0.3) is 0 Å². The fourth-order valence-corrected chi connectivity index (χ4v) is 1.04. The van der Waals surface area contributed by atoms with Gasteiger partial charge in [0.25, 0.3) is 0 Å². The minimum atomic E-state index is 0.576. The summed E-state index contributed by atoms with van der Waals surface area (Å²) in [5.41, 5.74) is 1.26. The first kappa shape index (κ1) is 8.82. The number of nitrogens with one attached hydrogen (secondary N) is 1. The monoisotopic (exact) mass is 163 g/mol. The first-order valence-corrected chi connectivity index (χ1v) is 4.01. The third-order valence-electron chi connectivity index (χ3n) is 1.64. The molecule has 0 spiro atoms. The van der Waals surface area contributed by atoms with Crippen LogP contribution >= 0.6 is 0 Å². The maximum atomic E-state index is 8.27. The van der Waals surface area contributed by atoms with E-state index in [0.717, 1.165) is 13.1 Å². The summed E-state index contributed by atoms with van der Waals surface area (Å²) in [6.07, 6.45) is 4.66. The molecule has 0 saturated carbocycles. The van der Waals surface area contributed by atoms with Gasteiger partial charge in [-0.25, -0.2) is 0 Å². The summed E-state index contributed by atoms with van der Waals surface area (Å²) in [5.74, 6) is 0. The molecule has 3 heteroatoms. The van der Waals surface area contributed by atoms with Crippen molar-refractivity contribution < 1.29 is 0 Å². The van der Waals surface area contributed by atoms with Crippen LogP contribution in [0.2, 0.25) is 0 Å². The average molecular weight is 163 g/mol. The minimum absolute atomic E-state index is 0.576. The van der Waals surface area contributed by atoms with Gasteiger partial charge in [0.15, 0.2) is 0 Å². The zero-order valence-corrected chi connectivity index (χ0v) is 7.25. The van der Waals surface area contributed by atoms with Gasteiger partial charge in [-0.2, -0.15) is 5.26 Å². The third kappa shape index (κ3) is 2.77. The lowest BCUT2D eigenvalue weighted by molar-refractivity contribution is 0.698. The minimum Gasteiger partial charge on any atom is -0.357 e. The molecule has 0 unspecified atom stereocenters. The maximum absolute atomic E-state index is 8.27. The Kier molecular flexibility index (Phi) is 3.36. The molecule has 0 aliphatic heterocycles. The normalized spacial score (nSPS) is 9.67. The van der Waals surface area contributed by atoms with Crippen molar-refractivity contribution in [3.63, 3.8) is 0 Å². The smallest absolute Gasteiger partial charge is 0.0635 e. The molecule has 0 saturated heterocycles. The fourth-order valence-electron chi connectivity index (χ4n) is 1.04. The van der Waals surface area contributed by atoms with E-state index < -0.39 is 0 Å². The highest BCUT2D eigenvalue weighted by Gasteiger charge is 1.92. The van der Waals surface area contributed by atoms with Crippen LogP contribution in [0.3, 0.4) is 0 Å². The molecule has 0 atom stereocenters. The van der Waals surface area contributed by atoms with E-state index in [4.69, 9.17) is 5.26 Å². The van der Waals surface area contributed by atoms with E-state index in [1.54, 1.807) is 0 Å². The summed E-state index contributed by atoms with van der Waals surface area (Å²) in [5, 5.41) is 11.5. The highest BCUT2D eigenvalue weighted by Crippen LogP contribution is 1.97. The standard InChI is InChI=1S/C9H13N3/c1-12-6-3-9(8-12)7-11-5-2-4-10/h3,6,8,11H,2,5,7H2,1H3. The molecule has 12 heavy (non-hydrogen) atoms. The van der Waals surface area contributed by atoms with E-state index in [1.807, 2.05) is 17.8 Å². The molecule has 0 aromatic carbocycles. The van der Waals surface area contributed by atoms with Crippen molar-refractivity contribution in [2.45, 2.75) is 13.0 Å². The molecule has 0 bridgehead atoms. The van der Waals surface area contributed by atoms with Crippen LogP contribution in [0.4, 0.5) is 0 Å². The number of aryl methyl sites for hydroxylation is 1. The van der Waals surface area contributed by atoms with E-state index in [1.165, 1.54) is 5.56 Å². The third-order valence-corrected chi connectivity index (χ3v) is 1.64. The van der Waals surface area contributed by atoms with Crippen molar-refractivity contribution in [2.24, 2.45) is 7.05 Å². The average Bonchev–Trinajstić information content (AvgIpc) is 2.45. The van der Waals surface area contributed by atoms with Gasteiger partial charge in [0, 0.05) is 39.0 Å². The molecule has 64 valence electrons. The molecule has 1 rings (SSSR count). The molecular formula is C9H13N3. The molecule has 0 aliphatic rings. The Morgan fingerprint density at radius 1 is 1.67 bits per heavy atom. The van der Waals surface area contributed by atoms with Crippen molar-refractivity contribution >= 4 is 0 Å². The first-order valence-electron chi connectivity index (χ1n) is 4.01. The lowest BCUT2D eigenvalue weighted by Gasteiger charge is -1.97. The summed E-state index contributed by atoms with van der Waals surface area (Å²) in [6.45, 7) is 1.62. The number of aromatic nitrogens is 1. The summed E-state index contributed by atoms with van der Waals surface area (Å²) in [4.78, 5) is 0. The number of nitriles is 1. The number of rotatable bonds is 4. The molecule has 0 radical (unpaired) electrons. The molecule has 1 aromatic rings. The van der Waals surface area contributed by atoms with Crippen LogP contribution < -0.4 is 5.32 Å². The molecule has 3 nitrogen and oxygen atoms in total. The Balaban J connectivity index is 2.21. The van der Waals surface area contributed by atoms with Gasteiger partial charge >= 0.3 is 0 Å². The predicted molar refractivity (Wildman–Crippen MR) is 47.3 cm³/mol. The van der Waals surface area contributed by atoms with Crippen molar-refractivity contribution in [3.05, 3.63) is 24.0 Å². The van der Waals surface area contributed by atoms with Crippen LogP contribution in [0, 0.1) is 11.3 Å². The van der Waals surface area contributed by atoms with Gasteiger partial charge in [-0.05, 0) is 11.6 Å². The zero-order valence-electron chi connectivity index (χ0n) is 7.25. The topological polar surface area (TPSA) is 40.8 Å². The van der Waals surface area contributed by atoms with E-state index in [-0.39, 0.29) is 0 Å². The number of nitrogens with zero attached hydrogens (tertiary/aromatic N) is 2. The molecule has 0 aliphatic carbocycles. The van der Waals surface area contributed by atoms with Crippen LogP contribution in [0.1, 0.15) is 12.0 Å². The first-order chi connectivity index (χ1) is 5.83. The quantitative estimate of drug-likeness (QED) is 0.673. The van der Waals surface area contributed by atoms with E-state index >= 15 is 0 Å². The van der Waals surface area contributed by atoms with Gasteiger partial charge in [-0.1, -0.05) is 0 Å². The Morgan fingerprint density at radius 3 is 3.08 bits per heavy atom. The van der Waals surface area contributed by atoms with Gasteiger partial charge < -0.3 is 9.88 Å². The molecular weight excluding hydrogens is 150 g/mol. The Labute approximate surface area is 72.6 Å². The van der Waals surface area contributed by atoms with Crippen molar-refractivity contribution in [3.8, 4) is 6.07 Å². The Morgan fingerprint density at radius 2 is 2.50 bits per heavy atom. The predicted octanol–water partition coefficient (Wildman–Crippen LogP) is 1.03. The summed E-state index contributed by atoms with van der Waals surface area (Å²) >= 11 is 0. The molecule has 1 N–H and O–H groups in total. The van der Waals surface area contributed by atoms with Crippen LogP contribution in [-0.4, -0.2) is 11.1 Å². The SMILES string of the molecule is Cn1ccc(CNCCC#N)c1. The van der Waals surface area contributed by atoms with Crippen LogP contribution in [0.15, 0.2) is 18.5 Å². The number of hydrogen-bond donors (Lipinski definition) is 1. The lowest BCUT2D eigenvalue weighted by atomic mass is 10.3. The Hall–Kier alpha value is -1.27. The highest BCUT2D eigenvalue weighted by molar-refractivity contribution is 5.09. The van der Waals surface area contributed by atoms with Crippen LogP contribution in [-0.2, 0) is 13.6 Å². The van der Waals surface area contributed by atoms with Gasteiger partial charge in [-0.15, -0.1) is 0 Å². The molecule has 1 heterocycles. The lowest BCUT2D eigenvalue weighted by Crippen LogP contribution is -2.13. The van der Waals surface area contributed by atoms with Crippen molar-refractivity contribution in [1.29, 1.82) is 5.26 Å². The van der Waals surface area contributed by atoms with Crippen molar-refractivity contribution in [1.82, 2.24) is 9.88 Å². The Bertz CT molecular complexity index is 270. The summed E-state index contributed by atoms with van der Waals surface area (Å²) in [6, 6.07) is 4.16. The van der Waals surface area contributed by atoms with E-state index in [0.29, 0.717) is 6.42 Å². The summed E-state index contributed by atoms with van der Waals surface area (Å²) in [7, 11) is 2.00. The van der Waals surface area contributed by atoms with E-state index in [9.17, 15) is 0 Å². The maximum Gasteiger partial charge on any atom is 0.0635 e. The fraction of sp³-hybridized carbons (Fsp3) is 0.444. The van der Waals surface area contributed by atoms with Gasteiger partial charge in [0.2, 0.25) is 0 Å². The molecule has 0 fully saturated rings. The van der Waals surface area contributed by atoms with E-state index in [2.05, 4.69) is 23.6 Å². The van der Waals surface area contributed by atoms with Crippen molar-refractivity contribution in [2.75, 3.05) is 6.54 Å². The molecule has 0 amide bonds. The zero-order chi connectivity index (χ0) is 8.81. The van der Waals surface area contributed by atoms with Gasteiger partial charge in [-0.3, -0.25) is 0 Å².